The zero-order valence-electron chi connectivity index (χ0n) is 7.55. The summed E-state index contributed by atoms with van der Waals surface area (Å²) < 4.78 is 37.7. The van der Waals surface area contributed by atoms with E-state index in [4.69, 9.17) is 5.73 Å². The molecule has 2 nitrogen and oxygen atoms in total. The molecule has 0 saturated carbocycles. The highest BCUT2D eigenvalue weighted by Gasteiger charge is 2.32. The minimum atomic E-state index is -4.36. The largest absolute Gasteiger partial charge is 0.417 e. The Balaban J connectivity index is 2.77. The summed E-state index contributed by atoms with van der Waals surface area (Å²) in [6, 6.07) is 5.37. The van der Waals surface area contributed by atoms with Crippen molar-refractivity contribution in [2.45, 2.75) is 6.18 Å². The number of halogens is 3. The van der Waals surface area contributed by atoms with E-state index in [-0.39, 0.29) is 11.2 Å². The van der Waals surface area contributed by atoms with Crippen LogP contribution < -0.4 is 5.73 Å². The van der Waals surface area contributed by atoms with E-state index < -0.39 is 11.7 Å². The van der Waals surface area contributed by atoms with Crippen LogP contribution in [0, 0.1) is 0 Å². The third kappa shape index (κ3) is 1.72. The van der Waals surface area contributed by atoms with Crippen LogP contribution in [0.3, 0.4) is 0 Å². The van der Waals surface area contributed by atoms with Crippen molar-refractivity contribution in [3.8, 4) is 0 Å². The second kappa shape index (κ2) is 3.12. The number of pyridine rings is 1. The Morgan fingerprint density at radius 3 is 2.60 bits per heavy atom. The van der Waals surface area contributed by atoms with E-state index in [0.717, 1.165) is 12.3 Å². The van der Waals surface area contributed by atoms with Gasteiger partial charge in [-0.05, 0) is 17.5 Å². The molecule has 0 aliphatic heterocycles. The van der Waals surface area contributed by atoms with Crippen molar-refractivity contribution >= 4 is 16.6 Å². The first-order valence-electron chi connectivity index (χ1n) is 4.20. The number of benzene rings is 1. The van der Waals surface area contributed by atoms with Gasteiger partial charge in [-0.1, -0.05) is 12.1 Å². The van der Waals surface area contributed by atoms with Gasteiger partial charge in [0.2, 0.25) is 0 Å². The lowest BCUT2D eigenvalue weighted by Gasteiger charge is -2.09. The zero-order chi connectivity index (χ0) is 11.1. The molecule has 0 saturated heterocycles. The highest BCUT2D eigenvalue weighted by Crippen LogP contribution is 2.34. The molecule has 0 aliphatic carbocycles. The molecule has 1 aromatic carbocycles. The van der Waals surface area contributed by atoms with Crippen LogP contribution in [0.4, 0.5) is 19.0 Å². The van der Waals surface area contributed by atoms with Gasteiger partial charge in [-0.2, -0.15) is 13.2 Å². The molecule has 0 atom stereocenters. The molecule has 0 bridgehead atoms. The normalized spacial score (nSPS) is 11.9. The number of nitrogen functional groups attached to an aromatic ring is 1. The highest BCUT2D eigenvalue weighted by molar-refractivity contribution is 5.87. The average Bonchev–Trinajstić information content (AvgIpc) is 2.15. The topological polar surface area (TPSA) is 38.9 Å². The van der Waals surface area contributed by atoms with Gasteiger partial charge in [-0.3, -0.25) is 0 Å². The first kappa shape index (κ1) is 9.76. The maximum absolute atomic E-state index is 12.6. The molecular formula is C10H7F3N2. The summed E-state index contributed by atoms with van der Waals surface area (Å²) in [6.07, 6.45) is -3.22. The Morgan fingerprint density at radius 2 is 1.93 bits per heavy atom. The Hall–Kier alpha value is -1.78. The van der Waals surface area contributed by atoms with Gasteiger partial charge >= 0.3 is 6.18 Å². The second-order valence-corrected chi connectivity index (χ2v) is 3.13. The summed E-state index contributed by atoms with van der Waals surface area (Å²) in [5.41, 5.74) is 4.70. The minimum absolute atomic E-state index is 0.0687. The van der Waals surface area contributed by atoms with Crippen molar-refractivity contribution in [3.05, 3.63) is 36.0 Å². The number of hydrogen-bond acceptors (Lipinski definition) is 2. The minimum Gasteiger partial charge on any atom is -0.384 e. The molecule has 78 valence electrons. The number of nitrogens with two attached hydrogens (primary N) is 1. The Kier molecular flexibility index (Phi) is 2.03. The van der Waals surface area contributed by atoms with Gasteiger partial charge in [0.15, 0.2) is 0 Å². The number of rotatable bonds is 0. The number of nitrogens with zero attached hydrogens (tertiary/aromatic N) is 1. The lowest BCUT2D eigenvalue weighted by Crippen LogP contribution is -2.05. The Labute approximate surface area is 83.5 Å². The molecule has 1 heterocycles. The maximum atomic E-state index is 12.6. The van der Waals surface area contributed by atoms with Gasteiger partial charge in [-0.25, -0.2) is 4.98 Å². The standard InChI is InChI=1S/C10H7F3N2/c11-10(12,13)8-3-1-2-6-4-9(14)15-5-7(6)8/h1-5H,(H2,14,15). The maximum Gasteiger partial charge on any atom is 0.417 e. The molecular weight excluding hydrogens is 205 g/mol. The Bertz CT molecular complexity index is 505. The van der Waals surface area contributed by atoms with Crippen LogP contribution in [0.5, 0.6) is 0 Å². The van der Waals surface area contributed by atoms with Crippen molar-refractivity contribution in [2.24, 2.45) is 0 Å². The van der Waals surface area contributed by atoms with E-state index in [1.54, 1.807) is 6.07 Å². The monoisotopic (exact) mass is 212 g/mol. The molecule has 15 heavy (non-hydrogen) atoms. The molecule has 0 radical (unpaired) electrons. The first-order valence-corrected chi connectivity index (χ1v) is 4.20. The van der Waals surface area contributed by atoms with E-state index in [1.807, 2.05) is 0 Å². The van der Waals surface area contributed by atoms with Crippen LogP contribution in [0.1, 0.15) is 5.56 Å². The number of fused-ring (bicyclic) bond motifs is 1. The number of hydrogen-bond donors (Lipinski definition) is 1. The smallest absolute Gasteiger partial charge is 0.384 e. The lowest BCUT2D eigenvalue weighted by molar-refractivity contribution is -0.136. The van der Waals surface area contributed by atoms with Crippen molar-refractivity contribution in [1.82, 2.24) is 4.98 Å². The van der Waals surface area contributed by atoms with E-state index in [1.165, 1.54) is 12.1 Å². The molecule has 2 aromatic rings. The van der Waals surface area contributed by atoms with Crippen LogP contribution in [0.2, 0.25) is 0 Å². The predicted molar refractivity (Wildman–Crippen MR) is 51.2 cm³/mol. The fourth-order valence-corrected chi connectivity index (χ4v) is 1.44. The Morgan fingerprint density at radius 1 is 1.20 bits per heavy atom. The molecule has 0 fully saturated rings. The van der Waals surface area contributed by atoms with Crippen LogP contribution >= 0.6 is 0 Å². The summed E-state index contributed by atoms with van der Waals surface area (Å²) in [5, 5.41) is 0.511. The van der Waals surface area contributed by atoms with Crippen LogP contribution in [-0.2, 0) is 6.18 Å². The average molecular weight is 212 g/mol. The van der Waals surface area contributed by atoms with Gasteiger partial charge in [0.05, 0.1) is 5.56 Å². The number of aromatic nitrogens is 1. The fraction of sp³-hybridized carbons (Fsp3) is 0.100. The first-order chi connectivity index (χ1) is 6.98. The molecule has 0 unspecified atom stereocenters. The molecule has 2 N–H and O–H groups in total. The summed E-state index contributed by atoms with van der Waals surface area (Å²) in [5.74, 6) is 0.210. The molecule has 0 amide bonds. The van der Waals surface area contributed by atoms with Crippen LogP contribution in [0.25, 0.3) is 10.8 Å². The summed E-state index contributed by atoms with van der Waals surface area (Å²) in [6.45, 7) is 0. The summed E-state index contributed by atoms with van der Waals surface area (Å²) in [7, 11) is 0. The van der Waals surface area contributed by atoms with Gasteiger partial charge in [0.1, 0.15) is 5.82 Å². The van der Waals surface area contributed by atoms with E-state index >= 15 is 0 Å². The van der Waals surface area contributed by atoms with Gasteiger partial charge in [0.25, 0.3) is 0 Å². The molecule has 2 rings (SSSR count). The van der Waals surface area contributed by atoms with Crippen molar-refractivity contribution in [1.29, 1.82) is 0 Å². The van der Waals surface area contributed by atoms with Crippen molar-refractivity contribution < 1.29 is 13.2 Å². The van der Waals surface area contributed by atoms with Crippen LogP contribution in [-0.4, -0.2) is 4.98 Å². The second-order valence-electron chi connectivity index (χ2n) is 3.13. The third-order valence-corrected chi connectivity index (χ3v) is 2.09. The molecule has 1 aromatic heterocycles. The highest BCUT2D eigenvalue weighted by atomic mass is 19.4. The summed E-state index contributed by atoms with van der Waals surface area (Å²) >= 11 is 0. The van der Waals surface area contributed by atoms with Crippen molar-refractivity contribution in [3.63, 3.8) is 0 Å². The van der Waals surface area contributed by atoms with Gasteiger partial charge < -0.3 is 5.73 Å². The number of alkyl halides is 3. The lowest BCUT2D eigenvalue weighted by atomic mass is 10.1. The van der Waals surface area contributed by atoms with Crippen molar-refractivity contribution in [2.75, 3.05) is 5.73 Å². The molecule has 0 spiro atoms. The van der Waals surface area contributed by atoms with Gasteiger partial charge in [-0.15, -0.1) is 0 Å². The van der Waals surface area contributed by atoms with E-state index in [9.17, 15) is 13.2 Å². The molecule has 5 heteroatoms. The third-order valence-electron chi connectivity index (χ3n) is 2.09. The SMILES string of the molecule is Nc1cc2cccc(C(F)(F)F)c2cn1. The number of anilines is 1. The molecule has 0 aliphatic rings. The zero-order valence-corrected chi connectivity index (χ0v) is 7.55. The van der Waals surface area contributed by atoms with E-state index in [0.29, 0.717) is 5.39 Å². The predicted octanol–water partition coefficient (Wildman–Crippen LogP) is 2.84. The van der Waals surface area contributed by atoms with E-state index in [2.05, 4.69) is 4.98 Å². The fourth-order valence-electron chi connectivity index (χ4n) is 1.44. The summed E-state index contributed by atoms with van der Waals surface area (Å²) in [4.78, 5) is 3.66. The van der Waals surface area contributed by atoms with Crippen LogP contribution in [0.15, 0.2) is 30.5 Å². The quantitative estimate of drug-likeness (QED) is 0.729. The van der Waals surface area contributed by atoms with Gasteiger partial charge in [0, 0.05) is 11.6 Å².